The summed E-state index contributed by atoms with van der Waals surface area (Å²) in [5.41, 5.74) is 4.49. The fourth-order valence-corrected chi connectivity index (χ4v) is 4.31. The number of aryl methyl sites for hydroxylation is 3. The molecule has 1 aromatic carbocycles. The predicted molar refractivity (Wildman–Crippen MR) is 68.3 cm³/mol. The van der Waals surface area contributed by atoms with Gasteiger partial charge in [0.15, 0.2) is 0 Å². The van der Waals surface area contributed by atoms with E-state index in [1.54, 1.807) is 0 Å². The van der Waals surface area contributed by atoms with Gasteiger partial charge in [-0.1, -0.05) is 0 Å². The Labute approximate surface area is 95.3 Å². The van der Waals surface area contributed by atoms with Crippen LogP contribution in [0.25, 0.3) is 0 Å². The van der Waals surface area contributed by atoms with E-state index in [0.29, 0.717) is 4.62 Å². The first kappa shape index (κ1) is 12.5. The van der Waals surface area contributed by atoms with Crippen LogP contribution in [0.4, 0.5) is 0 Å². The Bertz CT molecular complexity index is 376. The zero-order chi connectivity index (χ0) is 11.8. The molecule has 0 heterocycles. The van der Waals surface area contributed by atoms with Crippen molar-refractivity contribution in [3.05, 3.63) is 34.4 Å². The zero-order valence-corrected chi connectivity index (χ0v) is 12.7. The minimum atomic E-state index is -2.22. The number of carbonyl (C=O) groups excluding carboxylic acids is 1. The second-order valence-electron chi connectivity index (χ2n) is 5.35. The Morgan fingerprint density at radius 1 is 1.00 bits per heavy atom. The molecule has 1 nitrogen and oxygen atoms in total. The van der Waals surface area contributed by atoms with Gasteiger partial charge in [0, 0.05) is 0 Å². The van der Waals surface area contributed by atoms with Crippen LogP contribution in [0, 0.1) is 20.8 Å². The van der Waals surface area contributed by atoms with E-state index in [9.17, 15) is 4.79 Å². The van der Waals surface area contributed by atoms with Gasteiger partial charge in [-0.15, -0.1) is 0 Å². The molecule has 0 saturated heterocycles. The van der Waals surface area contributed by atoms with Crippen LogP contribution in [0.3, 0.4) is 0 Å². The average Bonchev–Trinajstić information content (AvgIpc) is 1.99. The molecule has 1 aromatic rings. The summed E-state index contributed by atoms with van der Waals surface area (Å²) < 4.78 is 0.421. The van der Waals surface area contributed by atoms with Gasteiger partial charge >= 0.3 is 95.1 Å². The van der Waals surface area contributed by atoms with Crippen LogP contribution in [0.1, 0.15) is 27.0 Å². The summed E-state index contributed by atoms with van der Waals surface area (Å²) in [6, 6.07) is 4.21. The standard InChI is InChI=1S/C13H20GeO/c1-9-7-10(2)12(11(3)8-9)13(15)14(4,5)6/h7-8H,1-6H3. The maximum absolute atomic E-state index is 12.3. The van der Waals surface area contributed by atoms with Crippen molar-refractivity contribution < 1.29 is 4.79 Å². The normalized spacial score (nSPS) is 11.6. The summed E-state index contributed by atoms with van der Waals surface area (Å²) in [4.78, 5) is 12.3. The summed E-state index contributed by atoms with van der Waals surface area (Å²) in [6.45, 7) is 6.16. The molecule has 0 bridgehead atoms. The van der Waals surface area contributed by atoms with Crippen molar-refractivity contribution in [2.75, 3.05) is 0 Å². The van der Waals surface area contributed by atoms with E-state index in [0.717, 1.165) is 16.7 Å². The molecular formula is C13H20GeO. The third kappa shape index (κ3) is 2.71. The van der Waals surface area contributed by atoms with Crippen LogP contribution in [0.5, 0.6) is 0 Å². The maximum atomic E-state index is 12.3. The molecule has 0 fully saturated rings. The van der Waals surface area contributed by atoms with Crippen molar-refractivity contribution in [1.29, 1.82) is 0 Å². The second kappa shape index (κ2) is 4.13. The fourth-order valence-electron chi connectivity index (χ4n) is 1.91. The Balaban J connectivity index is 3.33. The molecule has 0 aromatic heterocycles. The third-order valence-electron chi connectivity index (χ3n) is 2.59. The van der Waals surface area contributed by atoms with Gasteiger partial charge in [0.1, 0.15) is 0 Å². The molecule has 1 rings (SSSR count). The van der Waals surface area contributed by atoms with E-state index in [-0.39, 0.29) is 0 Å². The van der Waals surface area contributed by atoms with Crippen LogP contribution in [-0.2, 0) is 0 Å². The first-order chi connectivity index (χ1) is 6.73. The summed E-state index contributed by atoms with van der Waals surface area (Å²) in [6.07, 6.45) is 0. The van der Waals surface area contributed by atoms with Gasteiger partial charge in [-0.05, 0) is 0 Å². The van der Waals surface area contributed by atoms with E-state index in [2.05, 4.69) is 36.3 Å². The zero-order valence-electron chi connectivity index (χ0n) is 10.6. The summed E-state index contributed by atoms with van der Waals surface area (Å²) >= 11 is -2.22. The third-order valence-corrected chi connectivity index (χ3v) is 5.97. The number of rotatable bonds is 2. The molecule has 15 heavy (non-hydrogen) atoms. The van der Waals surface area contributed by atoms with Gasteiger partial charge < -0.3 is 0 Å². The van der Waals surface area contributed by atoms with E-state index < -0.39 is 13.3 Å². The van der Waals surface area contributed by atoms with Gasteiger partial charge in [-0.25, -0.2) is 0 Å². The SMILES string of the molecule is Cc1cc(C)c([C](=O)[Ge]([CH3])([CH3])[CH3])c(C)c1. The molecule has 0 amide bonds. The molecule has 0 aliphatic heterocycles. The van der Waals surface area contributed by atoms with Gasteiger partial charge in [0.05, 0.1) is 0 Å². The van der Waals surface area contributed by atoms with E-state index in [1.165, 1.54) is 5.56 Å². The van der Waals surface area contributed by atoms with Crippen molar-refractivity contribution in [1.82, 2.24) is 0 Å². The van der Waals surface area contributed by atoms with E-state index in [4.69, 9.17) is 0 Å². The number of carbonyl (C=O) groups is 1. The summed E-state index contributed by atoms with van der Waals surface area (Å²) in [5, 5.41) is 0. The average molecular weight is 265 g/mol. The Kier molecular flexibility index (Phi) is 3.44. The van der Waals surface area contributed by atoms with Crippen LogP contribution in [0.2, 0.25) is 17.3 Å². The van der Waals surface area contributed by atoms with Gasteiger partial charge in [0.2, 0.25) is 0 Å². The summed E-state index contributed by atoms with van der Waals surface area (Å²) in [7, 11) is 0. The molecule has 0 aliphatic rings. The van der Waals surface area contributed by atoms with Crippen molar-refractivity contribution in [3.8, 4) is 0 Å². The molecule has 0 spiro atoms. The molecule has 0 unspecified atom stereocenters. The minimum absolute atomic E-state index is 0.421. The van der Waals surface area contributed by atoms with Crippen LogP contribution >= 0.6 is 0 Å². The van der Waals surface area contributed by atoms with E-state index in [1.807, 2.05) is 13.8 Å². The van der Waals surface area contributed by atoms with Crippen molar-refractivity contribution in [2.24, 2.45) is 0 Å². The Hall–Kier alpha value is -0.567. The topological polar surface area (TPSA) is 17.1 Å². The Morgan fingerprint density at radius 2 is 1.40 bits per heavy atom. The molecule has 0 saturated carbocycles. The predicted octanol–water partition coefficient (Wildman–Crippen LogP) is 3.67. The molecule has 0 atom stereocenters. The quantitative estimate of drug-likeness (QED) is 0.745. The summed E-state index contributed by atoms with van der Waals surface area (Å²) in [5.74, 6) is 6.46. The molecule has 82 valence electrons. The molecular weight excluding hydrogens is 245 g/mol. The first-order valence-electron chi connectivity index (χ1n) is 5.36. The second-order valence-corrected chi connectivity index (χ2v) is 15.7. The van der Waals surface area contributed by atoms with Gasteiger partial charge in [-0.3, -0.25) is 0 Å². The molecule has 0 radical (unpaired) electrons. The number of benzene rings is 1. The van der Waals surface area contributed by atoms with Crippen LogP contribution in [-0.4, -0.2) is 17.9 Å². The first-order valence-corrected chi connectivity index (χ1v) is 12.7. The monoisotopic (exact) mass is 266 g/mol. The van der Waals surface area contributed by atoms with Crippen molar-refractivity contribution >= 4 is 17.9 Å². The Morgan fingerprint density at radius 3 is 1.73 bits per heavy atom. The van der Waals surface area contributed by atoms with E-state index >= 15 is 0 Å². The molecule has 0 aliphatic carbocycles. The van der Waals surface area contributed by atoms with Crippen LogP contribution < -0.4 is 0 Å². The van der Waals surface area contributed by atoms with Crippen molar-refractivity contribution in [2.45, 2.75) is 38.0 Å². The number of hydrogen-bond acceptors (Lipinski definition) is 1. The molecule has 2 heteroatoms. The van der Waals surface area contributed by atoms with Crippen molar-refractivity contribution in [3.63, 3.8) is 0 Å². The van der Waals surface area contributed by atoms with Gasteiger partial charge in [-0.2, -0.15) is 0 Å². The van der Waals surface area contributed by atoms with Crippen LogP contribution in [0.15, 0.2) is 12.1 Å². The number of hydrogen-bond donors (Lipinski definition) is 0. The molecule has 0 N–H and O–H groups in total. The van der Waals surface area contributed by atoms with Gasteiger partial charge in [0.25, 0.3) is 0 Å². The fraction of sp³-hybridized carbons (Fsp3) is 0.462.